The van der Waals surface area contributed by atoms with Crippen LogP contribution in [0.4, 0.5) is 0 Å². The number of hydrogen-bond donors (Lipinski definition) is 2. The van der Waals surface area contributed by atoms with E-state index in [0.717, 1.165) is 6.42 Å². The van der Waals surface area contributed by atoms with Crippen LogP contribution in [0.5, 0.6) is 0 Å². The molecule has 1 heterocycles. The van der Waals surface area contributed by atoms with E-state index >= 15 is 0 Å². The Morgan fingerprint density at radius 1 is 1.35 bits per heavy atom. The predicted molar refractivity (Wildman–Crippen MR) is 75.2 cm³/mol. The highest BCUT2D eigenvalue weighted by molar-refractivity contribution is 5.96. The predicted octanol–water partition coefficient (Wildman–Crippen LogP) is 0.790. The van der Waals surface area contributed by atoms with Crippen LogP contribution in [0.3, 0.4) is 0 Å². The Bertz CT molecular complexity index is 485. The van der Waals surface area contributed by atoms with Gasteiger partial charge in [0.05, 0.1) is 12.1 Å². The molecule has 2 N–H and O–H groups in total. The van der Waals surface area contributed by atoms with Gasteiger partial charge in [0.15, 0.2) is 0 Å². The van der Waals surface area contributed by atoms with Crippen molar-refractivity contribution in [2.75, 3.05) is 19.6 Å². The van der Waals surface area contributed by atoms with Crippen LogP contribution in [0.1, 0.15) is 30.1 Å². The minimum Gasteiger partial charge on any atom is -0.388 e. The summed E-state index contributed by atoms with van der Waals surface area (Å²) in [6, 6.07) is 8.78. The minimum absolute atomic E-state index is 0.0379. The van der Waals surface area contributed by atoms with E-state index in [1.54, 1.807) is 36.1 Å². The van der Waals surface area contributed by atoms with Crippen LogP contribution in [0, 0.1) is 0 Å². The van der Waals surface area contributed by atoms with Crippen LogP contribution >= 0.6 is 0 Å². The number of nitrogens with zero attached hydrogens (tertiary/aromatic N) is 1. The summed E-state index contributed by atoms with van der Waals surface area (Å²) in [4.78, 5) is 25.5. The Morgan fingerprint density at radius 3 is 2.70 bits per heavy atom. The molecule has 2 amide bonds. The Morgan fingerprint density at radius 2 is 2.05 bits per heavy atom. The van der Waals surface area contributed by atoms with Crippen LogP contribution in [0.15, 0.2) is 30.3 Å². The number of aliphatic hydroxyl groups is 1. The SMILES string of the molecule is CC1(O)CCCN(C(=O)CNC(=O)c2ccccc2)C1. The zero-order chi connectivity index (χ0) is 14.6. The maximum Gasteiger partial charge on any atom is 0.251 e. The zero-order valence-electron chi connectivity index (χ0n) is 11.6. The molecule has 0 spiro atoms. The number of piperidine rings is 1. The first kappa shape index (κ1) is 14.5. The van der Waals surface area contributed by atoms with Crippen LogP contribution in [0.2, 0.25) is 0 Å². The van der Waals surface area contributed by atoms with Gasteiger partial charge in [-0.15, -0.1) is 0 Å². The summed E-state index contributed by atoms with van der Waals surface area (Å²) in [5.41, 5.74) is -0.289. The van der Waals surface area contributed by atoms with Gasteiger partial charge in [-0.25, -0.2) is 0 Å². The van der Waals surface area contributed by atoms with Crippen molar-refractivity contribution in [1.29, 1.82) is 0 Å². The molecular weight excluding hydrogens is 256 g/mol. The molecule has 0 aromatic heterocycles. The van der Waals surface area contributed by atoms with Gasteiger partial charge in [0.2, 0.25) is 5.91 Å². The molecule has 5 heteroatoms. The third-order valence-corrected chi connectivity index (χ3v) is 3.46. The molecule has 1 fully saturated rings. The molecule has 20 heavy (non-hydrogen) atoms. The second kappa shape index (κ2) is 6.05. The molecule has 1 aromatic carbocycles. The summed E-state index contributed by atoms with van der Waals surface area (Å²) in [6.45, 7) is 2.65. The van der Waals surface area contributed by atoms with Crippen molar-refractivity contribution in [3.63, 3.8) is 0 Å². The standard InChI is InChI=1S/C15H20N2O3/c1-15(20)8-5-9-17(11-15)13(18)10-16-14(19)12-6-3-2-4-7-12/h2-4,6-7,20H,5,8-11H2,1H3,(H,16,19). The van der Waals surface area contributed by atoms with Crippen molar-refractivity contribution >= 4 is 11.8 Å². The summed E-state index contributed by atoms with van der Waals surface area (Å²) in [5.74, 6) is -0.419. The van der Waals surface area contributed by atoms with Gasteiger partial charge in [0, 0.05) is 18.7 Å². The van der Waals surface area contributed by atoms with Gasteiger partial charge in [-0.2, -0.15) is 0 Å². The largest absolute Gasteiger partial charge is 0.388 e. The smallest absolute Gasteiger partial charge is 0.251 e. The number of β-amino-alcohol motifs (C(OH)–C–C–N with tert-alkyl or cyclic N) is 1. The van der Waals surface area contributed by atoms with Gasteiger partial charge in [-0.05, 0) is 31.9 Å². The third kappa shape index (κ3) is 3.81. The van der Waals surface area contributed by atoms with E-state index in [9.17, 15) is 14.7 Å². The van der Waals surface area contributed by atoms with E-state index in [1.807, 2.05) is 6.07 Å². The number of likely N-dealkylation sites (tertiary alicyclic amines) is 1. The van der Waals surface area contributed by atoms with E-state index in [-0.39, 0.29) is 18.4 Å². The van der Waals surface area contributed by atoms with Gasteiger partial charge in [-0.1, -0.05) is 18.2 Å². The second-order valence-corrected chi connectivity index (χ2v) is 5.46. The van der Waals surface area contributed by atoms with Crippen LogP contribution in [0.25, 0.3) is 0 Å². The lowest BCUT2D eigenvalue weighted by Crippen LogP contribution is -2.51. The third-order valence-electron chi connectivity index (χ3n) is 3.46. The average Bonchev–Trinajstić information content (AvgIpc) is 2.44. The van der Waals surface area contributed by atoms with E-state index in [0.29, 0.717) is 25.1 Å². The Labute approximate surface area is 118 Å². The molecular formula is C15H20N2O3. The summed E-state index contributed by atoms with van der Waals surface area (Å²) < 4.78 is 0. The van der Waals surface area contributed by atoms with Crippen molar-refractivity contribution in [2.45, 2.75) is 25.4 Å². The molecule has 2 rings (SSSR count). The lowest BCUT2D eigenvalue weighted by molar-refractivity contribution is -0.136. The second-order valence-electron chi connectivity index (χ2n) is 5.46. The highest BCUT2D eigenvalue weighted by atomic mass is 16.3. The molecule has 108 valence electrons. The summed E-state index contributed by atoms with van der Waals surface area (Å²) in [7, 11) is 0. The first-order chi connectivity index (χ1) is 9.48. The minimum atomic E-state index is -0.822. The number of rotatable bonds is 3. The Hall–Kier alpha value is -1.88. The molecule has 1 aliphatic heterocycles. The van der Waals surface area contributed by atoms with E-state index < -0.39 is 5.60 Å². The molecule has 1 aliphatic rings. The lowest BCUT2D eigenvalue weighted by Gasteiger charge is -2.36. The van der Waals surface area contributed by atoms with Gasteiger partial charge >= 0.3 is 0 Å². The molecule has 0 radical (unpaired) electrons. The molecule has 0 saturated carbocycles. The van der Waals surface area contributed by atoms with E-state index in [2.05, 4.69) is 5.32 Å². The maximum atomic E-state index is 12.0. The van der Waals surface area contributed by atoms with Crippen molar-refractivity contribution < 1.29 is 14.7 Å². The highest BCUT2D eigenvalue weighted by Crippen LogP contribution is 2.19. The van der Waals surface area contributed by atoms with Gasteiger partial charge in [0.25, 0.3) is 5.91 Å². The molecule has 0 aliphatic carbocycles. The average molecular weight is 276 g/mol. The van der Waals surface area contributed by atoms with Gasteiger partial charge in [-0.3, -0.25) is 9.59 Å². The number of carbonyl (C=O) groups excluding carboxylic acids is 2. The number of benzene rings is 1. The van der Waals surface area contributed by atoms with Crippen molar-refractivity contribution in [2.24, 2.45) is 0 Å². The fraction of sp³-hybridized carbons (Fsp3) is 0.467. The van der Waals surface area contributed by atoms with Crippen molar-refractivity contribution in [1.82, 2.24) is 10.2 Å². The molecule has 1 unspecified atom stereocenters. The highest BCUT2D eigenvalue weighted by Gasteiger charge is 2.30. The summed E-state index contributed by atoms with van der Waals surface area (Å²) in [6.07, 6.45) is 1.48. The summed E-state index contributed by atoms with van der Waals surface area (Å²) in [5, 5.41) is 12.6. The molecule has 0 bridgehead atoms. The molecule has 1 saturated heterocycles. The van der Waals surface area contributed by atoms with Crippen molar-refractivity contribution in [3.8, 4) is 0 Å². The van der Waals surface area contributed by atoms with Crippen LogP contribution in [-0.2, 0) is 4.79 Å². The topological polar surface area (TPSA) is 69.6 Å². The summed E-state index contributed by atoms with van der Waals surface area (Å²) >= 11 is 0. The first-order valence-electron chi connectivity index (χ1n) is 6.81. The van der Waals surface area contributed by atoms with Crippen molar-refractivity contribution in [3.05, 3.63) is 35.9 Å². The van der Waals surface area contributed by atoms with Crippen LogP contribution < -0.4 is 5.32 Å². The lowest BCUT2D eigenvalue weighted by atomic mass is 9.95. The maximum absolute atomic E-state index is 12.0. The fourth-order valence-corrected chi connectivity index (χ4v) is 2.39. The monoisotopic (exact) mass is 276 g/mol. The van der Waals surface area contributed by atoms with Crippen LogP contribution in [-0.4, -0.2) is 47.1 Å². The Balaban J connectivity index is 1.85. The van der Waals surface area contributed by atoms with E-state index in [4.69, 9.17) is 0 Å². The molecule has 5 nitrogen and oxygen atoms in total. The number of hydrogen-bond acceptors (Lipinski definition) is 3. The van der Waals surface area contributed by atoms with Gasteiger partial charge < -0.3 is 15.3 Å². The molecule has 1 aromatic rings. The Kier molecular flexibility index (Phi) is 4.39. The quantitative estimate of drug-likeness (QED) is 0.857. The number of nitrogens with one attached hydrogen (secondary N) is 1. The number of carbonyl (C=O) groups is 2. The fourth-order valence-electron chi connectivity index (χ4n) is 2.39. The van der Waals surface area contributed by atoms with Gasteiger partial charge in [0.1, 0.15) is 0 Å². The number of amides is 2. The molecule has 1 atom stereocenters. The zero-order valence-corrected chi connectivity index (χ0v) is 11.6. The van der Waals surface area contributed by atoms with E-state index in [1.165, 1.54) is 0 Å². The first-order valence-corrected chi connectivity index (χ1v) is 6.81. The normalized spacial score (nSPS) is 22.4.